The lowest BCUT2D eigenvalue weighted by Gasteiger charge is -2.62. The minimum absolute atomic E-state index is 0.146. The van der Waals surface area contributed by atoms with Crippen molar-refractivity contribution in [1.29, 1.82) is 0 Å². The molecule has 0 aromatic rings. The first-order chi connectivity index (χ1) is 10.4. The van der Waals surface area contributed by atoms with Gasteiger partial charge >= 0.3 is 0 Å². The van der Waals surface area contributed by atoms with Crippen LogP contribution in [0.5, 0.6) is 0 Å². The standard InChI is InChI=1S/C19H29BrO2/c1-18-9-4-3-5-13(18)16(20)17(22)15-11-6-7-14(21)19(11,2)10-8-12(15)18/h11-13,15-17,22H,3-10H2,1-2H3. The van der Waals surface area contributed by atoms with E-state index in [4.69, 9.17) is 0 Å². The summed E-state index contributed by atoms with van der Waals surface area (Å²) in [6.45, 7) is 4.68. The monoisotopic (exact) mass is 368 g/mol. The van der Waals surface area contributed by atoms with Gasteiger partial charge in [0.15, 0.2) is 0 Å². The van der Waals surface area contributed by atoms with Gasteiger partial charge < -0.3 is 5.11 Å². The highest BCUT2D eigenvalue weighted by atomic mass is 79.9. The third-order valence-corrected chi connectivity index (χ3v) is 9.50. The fourth-order valence-corrected chi connectivity index (χ4v) is 8.25. The van der Waals surface area contributed by atoms with Gasteiger partial charge in [-0.25, -0.2) is 0 Å². The van der Waals surface area contributed by atoms with Gasteiger partial charge in [0, 0.05) is 16.7 Å². The quantitative estimate of drug-likeness (QED) is 0.646. The average molecular weight is 369 g/mol. The van der Waals surface area contributed by atoms with Gasteiger partial charge in [0.05, 0.1) is 6.10 Å². The van der Waals surface area contributed by atoms with E-state index >= 15 is 0 Å². The molecule has 3 heteroatoms. The number of hydrogen-bond acceptors (Lipinski definition) is 2. The number of carbonyl (C=O) groups excluding carboxylic acids is 1. The van der Waals surface area contributed by atoms with E-state index in [0.717, 1.165) is 25.7 Å². The minimum atomic E-state index is -0.267. The zero-order valence-corrected chi connectivity index (χ0v) is 15.4. The number of carbonyl (C=O) groups is 1. The molecule has 4 fully saturated rings. The van der Waals surface area contributed by atoms with Crippen LogP contribution in [0.2, 0.25) is 0 Å². The maximum Gasteiger partial charge on any atom is 0.139 e. The van der Waals surface area contributed by atoms with Gasteiger partial charge in [0.25, 0.3) is 0 Å². The highest BCUT2D eigenvalue weighted by molar-refractivity contribution is 9.09. The molecule has 1 N–H and O–H groups in total. The molecule has 8 unspecified atom stereocenters. The zero-order valence-electron chi connectivity index (χ0n) is 13.9. The van der Waals surface area contributed by atoms with Crippen molar-refractivity contribution in [2.24, 2.45) is 34.5 Å². The highest BCUT2D eigenvalue weighted by Crippen LogP contribution is 2.66. The fourth-order valence-electron chi connectivity index (χ4n) is 7.03. The van der Waals surface area contributed by atoms with Crippen molar-refractivity contribution in [2.75, 3.05) is 0 Å². The zero-order chi connectivity index (χ0) is 15.7. The molecular formula is C19H29BrO2. The second kappa shape index (κ2) is 5.05. The molecule has 0 saturated heterocycles. The number of halogens is 1. The first kappa shape index (κ1) is 15.6. The summed E-state index contributed by atoms with van der Waals surface area (Å²) in [6.07, 6.45) is 8.90. The van der Waals surface area contributed by atoms with E-state index in [9.17, 15) is 9.90 Å². The van der Waals surface area contributed by atoms with Crippen molar-refractivity contribution < 1.29 is 9.90 Å². The second-order valence-electron chi connectivity index (χ2n) is 9.00. The van der Waals surface area contributed by atoms with Crippen molar-refractivity contribution in [2.45, 2.75) is 76.1 Å². The Morgan fingerprint density at radius 3 is 2.59 bits per heavy atom. The molecule has 0 aromatic carbocycles. The number of hydrogen-bond donors (Lipinski definition) is 1. The van der Waals surface area contributed by atoms with E-state index in [1.54, 1.807) is 0 Å². The lowest BCUT2D eigenvalue weighted by molar-refractivity contribution is -0.159. The number of aliphatic hydroxyl groups is 1. The van der Waals surface area contributed by atoms with Crippen LogP contribution in [-0.4, -0.2) is 21.8 Å². The van der Waals surface area contributed by atoms with Crippen LogP contribution in [-0.2, 0) is 4.79 Å². The smallest absolute Gasteiger partial charge is 0.139 e. The van der Waals surface area contributed by atoms with Crippen molar-refractivity contribution >= 4 is 21.7 Å². The second-order valence-corrected chi connectivity index (χ2v) is 10.1. The predicted octanol–water partition coefficient (Wildman–Crippen LogP) is 4.33. The Bertz CT molecular complexity index is 492. The van der Waals surface area contributed by atoms with Crippen LogP contribution in [0.25, 0.3) is 0 Å². The van der Waals surface area contributed by atoms with Crippen LogP contribution in [0.4, 0.5) is 0 Å². The van der Waals surface area contributed by atoms with Crippen LogP contribution < -0.4 is 0 Å². The molecule has 0 radical (unpaired) electrons. The van der Waals surface area contributed by atoms with Crippen molar-refractivity contribution in [3.63, 3.8) is 0 Å². The number of aliphatic hydroxyl groups excluding tert-OH is 1. The Morgan fingerprint density at radius 2 is 1.82 bits per heavy atom. The molecule has 0 spiro atoms. The van der Waals surface area contributed by atoms with E-state index in [2.05, 4.69) is 29.8 Å². The van der Waals surface area contributed by atoms with Crippen LogP contribution in [0.1, 0.15) is 65.2 Å². The van der Waals surface area contributed by atoms with Gasteiger partial charge in [0.2, 0.25) is 0 Å². The molecule has 0 aliphatic heterocycles. The Balaban J connectivity index is 1.74. The molecular weight excluding hydrogens is 340 g/mol. The third-order valence-electron chi connectivity index (χ3n) is 8.32. The van der Waals surface area contributed by atoms with Gasteiger partial charge in [-0.2, -0.15) is 0 Å². The van der Waals surface area contributed by atoms with E-state index < -0.39 is 0 Å². The Kier molecular flexibility index (Phi) is 3.59. The number of ketones is 1. The maximum atomic E-state index is 12.5. The summed E-state index contributed by atoms with van der Waals surface area (Å²) in [5.41, 5.74) is 0.218. The molecule has 0 amide bonds. The molecule has 4 aliphatic carbocycles. The maximum absolute atomic E-state index is 12.5. The highest BCUT2D eigenvalue weighted by Gasteiger charge is 2.64. The largest absolute Gasteiger partial charge is 0.392 e. The lowest BCUT2D eigenvalue weighted by Crippen LogP contribution is -2.61. The fraction of sp³-hybridized carbons (Fsp3) is 0.947. The summed E-state index contributed by atoms with van der Waals surface area (Å²) in [4.78, 5) is 12.7. The molecule has 2 nitrogen and oxygen atoms in total. The van der Waals surface area contributed by atoms with Crippen LogP contribution >= 0.6 is 15.9 Å². The van der Waals surface area contributed by atoms with Crippen LogP contribution in [0.3, 0.4) is 0 Å². The summed E-state index contributed by atoms with van der Waals surface area (Å²) >= 11 is 3.89. The number of rotatable bonds is 0. The van der Waals surface area contributed by atoms with Gasteiger partial charge in [-0.15, -0.1) is 0 Å². The van der Waals surface area contributed by atoms with Gasteiger partial charge in [-0.05, 0) is 61.2 Å². The van der Waals surface area contributed by atoms with E-state index in [-0.39, 0.29) is 16.3 Å². The lowest BCUT2D eigenvalue weighted by atomic mass is 9.44. The average Bonchev–Trinajstić information content (AvgIpc) is 2.80. The topological polar surface area (TPSA) is 37.3 Å². The summed E-state index contributed by atoms with van der Waals surface area (Å²) in [5.74, 6) is 2.43. The summed E-state index contributed by atoms with van der Waals surface area (Å²) < 4.78 is 0. The van der Waals surface area contributed by atoms with Gasteiger partial charge in [0.1, 0.15) is 5.78 Å². The van der Waals surface area contributed by atoms with Gasteiger partial charge in [-0.3, -0.25) is 4.79 Å². The number of alkyl halides is 1. The van der Waals surface area contributed by atoms with E-state index in [1.165, 1.54) is 25.7 Å². The van der Waals surface area contributed by atoms with Crippen molar-refractivity contribution in [3.05, 3.63) is 0 Å². The molecule has 22 heavy (non-hydrogen) atoms. The molecule has 0 bridgehead atoms. The molecule has 4 rings (SSSR count). The first-order valence-corrected chi connectivity index (χ1v) is 10.2. The van der Waals surface area contributed by atoms with Crippen molar-refractivity contribution in [3.8, 4) is 0 Å². The molecule has 0 heterocycles. The molecule has 0 aromatic heterocycles. The summed E-state index contributed by atoms with van der Waals surface area (Å²) in [5, 5.41) is 11.1. The van der Waals surface area contributed by atoms with Gasteiger partial charge in [-0.1, -0.05) is 42.6 Å². The number of fused-ring (bicyclic) bond motifs is 5. The Labute approximate surface area is 142 Å². The number of Topliss-reactive ketones (excluding diaryl/α,β-unsaturated/α-hetero) is 1. The summed E-state index contributed by atoms with van der Waals surface area (Å²) in [7, 11) is 0. The SMILES string of the molecule is CC12CCC3C(C(O)C(Br)C4CCCCC43C)C1CCC2=O. The van der Waals surface area contributed by atoms with E-state index in [1.807, 2.05) is 0 Å². The molecule has 4 saturated carbocycles. The van der Waals surface area contributed by atoms with Crippen LogP contribution in [0, 0.1) is 34.5 Å². The first-order valence-electron chi connectivity index (χ1n) is 9.25. The minimum Gasteiger partial charge on any atom is -0.392 e. The Morgan fingerprint density at radius 1 is 1.05 bits per heavy atom. The molecule has 4 aliphatic rings. The van der Waals surface area contributed by atoms with Crippen LogP contribution in [0.15, 0.2) is 0 Å². The third kappa shape index (κ3) is 1.84. The normalized spacial score (nSPS) is 57.9. The van der Waals surface area contributed by atoms with E-state index in [0.29, 0.717) is 34.9 Å². The Hall–Kier alpha value is 0.110. The predicted molar refractivity (Wildman–Crippen MR) is 90.8 cm³/mol. The summed E-state index contributed by atoms with van der Waals surface area (Å²) in [6, 6.07) is 0. The van der Waals surface area contributed by atoms with Crippen molar-refractivity contribution in [1.82, 2.24) is 0 Å². The molecule has 8 atom stereocenters. The molecule has 124 valence electrons.